The molecule has 2 fully saturated rings. The highest BCUT2D eigenvalue weighted by atomic mass is 32.2. The van der Waals surface area contributed by atoms with Gasteiger partial charge in [0.1, 0.15) is 29.3 Å². The van der Waals surface area contributed by atoms with Crippen LogP contribution in [0.25, 0.3) is 0 Å². The lowest BCUT2D eigenvalue weighted by Gasteiger charge is -2.30. The molecule has 3 aliphatic heterocycles. The van der Waals surface area contributed by atoms with E-state index in [1.54, 1.807) is 25.7 Å². The van der Waals surface area contributed by atoms with Crippen molar-refractivity contribution in [1.82, 2.24) is 29.5 Å². The summed E-state index contributed by atoms with van der Waals surface area (Å²) in [6.07, 6.45) is 6.82. The summed E-state index contributed by atoms with van der Waals surface area (Å²) >= 11 is 0. The van der Waals surface area contributed by atoms with Crippen molar-refractivity contribution in [2.75, 3.05) is 20.6 Å². The first-order chi connectivity index (χ1) is 24.5. The van der Waals surface area contributed by atoms with Gasteiger partial charge in [0.05, 0.1) is 6.54 Å². The minimum atomic E-state index is -4.18. The van der Waals surface area contributed by atoms with Gasteiger partial charge in [-0.3, -0.25) is 19.3 Å². The van der Waals surface area contributed by atoms with E-state index in [1.165, 1.54) is 19.0 Å². The van der Waals surface area contributed by atoms with Crippen LogP contribution in [0, 0.1) is 5.92 Å². The van der Waals surface area contributed by atoms with Crippen molar-refractivity contribution in [2.24, 2.45) is 5.92 Å². The van der Waals surface area contributed by atoms with Crippen LogP contribution in [0.5, 0.6) is 0 Å². The van der Waals surface area contributed by atoms with Crippen LogP contribution in [-0.4, -0.2) is 102 Å². The Kier molecular flexibility index (Phi) is 11.9. The van der Waals surface area contributed by atoms with Crippen molar-refractivity contribution in [3.8, 4) is 0 Å². The number of nitrogens with zero attached hydrogens (tertiary/aromatic N) is 3. The summed E-state index contributed by atoms with van der Waals surface area (Å²) in [4.78, 5) is 71.4. The van der Waals surface area contributed by atoms with Crippen LogP contribution in [0.4, 0.5) is 9.59 Å². The number of allylic oxidation sites excluding steroid dienone is 1. The molecule has 5 atom stereocenters. The third kappa shape index (κ3) is 9.43. The summed E-state index contributed by atoms with van der Waals surface area (Å²) in [6, 6.07) is 5.44. The molecule has 4 aliphatic rings. The van der Waals surface area contributed by atoms with Crippen molar-refractivity contribution in [3.63, 3.8) is 0 Å². The summed E-state index contributed by atoms with van der Waals surface area (Å²) in [5, 5.41) is 5.51. The van der Waals surface area contributed by atoms with Crippen LogP contribution in [0.3, 0.4) is 0 Å². The highest BCUT2D eigenvalue weighted by molar-refractivity contribution is 7.87. The molecule has 0 aromatic heterocycles. The SMILES string of the molecule is CN(C)S(=O)(=O)NC(=O)[C@@]12C[C@H]1/C=C\CCCCCCC[C@H](NC(=O)OC(C)(C)C)C(=O)N1C[C@H](OC(=O)N3Cc4ccccc4C3)C[C@H]1C(=O)N2. The zero-order valence-corrected chi connectivity index (χ0v) is 31.5. The van der Waals surface area contributed by atoms with E-state index in [-0.39, 0.29) is 25.8 Å². The third-order valence-corrected chi connectivity index (χ3v) is 11.3. The second-order valence-electron chi connectivity index (χ2n) is 15.3. The van der Waals surface area contributed by atoms with Gasteiger partial charge < -0.3 is 25.0 Å². The Hall–Kier alpha value is -4.18. The summed E-state index contributed by atoms with van der Waals surface area (Å²) in [5.41, 5.74) is -0.394. The Labute approximate surface area is 306 Å². The van der Waals surface area contributed by atoms with Crippen molar-refractivity contribution in [1.29, 1.82) is 0 Å². The van der Waals surface area contributed by atoms with Crippen LogP contribution < -0.4 is 15.4 Å². The Morgan fingerprint density at radius 2 is 1.65 bits per heavy atom. The fraction of sp³-hybridized carbons (Fsp3) is 0.639. The molecule has 1 saturated carbocycles. The predicted octanol–water partition coefficient (Wildman–Crippen LogP) is 3.10. The molecular formula is C36H52N6O9S. The van der Waals surface area contributed by atoms with Gasteiger partial charge in [0.15, 0.2) is 0 Å². The van der Waals surface area contributed by atoms with Crippen molar-refractivity contribution < 1.29 is 41.9 Å². The number of alkyl carbamates (subject to hydrolysis) is 1. The van der Waals surface area contributed by atoms with E-state index in [9.17, 15) is 32.4 Å². The molecule has 52 heavy (non-hydrogen) atoms. The van der Waals surface area contributed by atoms with Crippen LogP contribution >= 0.6 is 0 Å². The molecule has 3 N–H and O–H groups in total. The van der Waals surface area contributed by atoms with E-state index in [1.807, 2.05) is 36.4 Å². The number of hydrogen-bond acceptors (Lipinski definition) is 9. The number of carbonyl (C=O) groups is 5. The maximum atomic E-state index is 14.4. The smallest absolute Gasteiger partial charge is 0.410 e. The molecule has 5 amide bonds. The molecule has 15 nitrogen and oxygen atoms in total. The van der Waals surface area contributed by atoms with E-state index in [4.69, 9.17) is 9.47 Å². The maximum Gasteiger partial charge on any atom is 0.410 e. The van der Waals surface area contributed by atoms with Gasteiger partial charge in [-0.05, 0) is 57.6 Å². The highest BCUT2D eigenvalue weighted by Gasteiger charge is 2.62. The Morgan fingerprint density at radius 3 is 2.31 bits per heavy atom. The summed E-state index contributed by atoms with van der Waals surface area (Å²) in [5.74, 6) is -2.63. The number of benzene rings is 1. The molecule has 5 rings (SSSR count). The van der Waals surface area contributed by atoms with Gasteiger partial charge in [-0.25, -0.2) is 14.3 Å². The van der Waals surface area contributed by atoms with Gasteiger partial charge in [0.2, 0.25) is 11.8 Å². The van der Waals surface area contributed by atoms with Gasteiger partial charge in [-0.2, -0.15) is 12.7 Å². The molecule has 1 aliphatic carbocycles. The summed E-state index contributed by atoms with van der Waals surface area (Å²) in [7, 11) is -1.62. The Bertz CT molecular complexity index is 1650. The number of amides is 5. The van der Waals surface area contributed by atoms with Gasteiger partial charge in [0.25, 0.3) is 5.91 Å². The highest BCUT2D eigenvalue weighted by Crippen LogP contribution is 2.45. The maximum absolute atomic E-state index is 14.4. The number of fused-ring (bicyclic) bond motifs is 3. The lowest BCUT2D eigenvalue weighted by atomic mass is 10.0. The summed E-state index contributed by atoms with van der Waals surface area (Å²) < 4.78 is 39.6. The first kappa shape index (κ1) is 39.0. The van der Waals surface area contributed by atoms with Gasteiger partial charge in [-0.15, -0.1) is 0 Å². The topological polar surface area (TPSA) is 184 Å². The second kappa shape index (κ2) is 15.8. The van der Waals surface area contributed by atoms with Crippen molar-refractivity contribution in [2.45, 2.75) is 121 Å². The largest absolute Gasteiger partial charge is 0.444 e. The van der Waals surface area contributed by atoms with Crippen molar-refractivity contribution >= 4 is 40.1 Å². The number of carbonyl (C=O) groups excluding carboxylic acids is 5. The minimum Gasteiger partial charge on any atom is -0.444 e. The average Bonchev–Trinajstić information content (AvgIpc) is 3.36. The van der Waals surface area contributed by atoms with E-state index in [0.717, 1.165) is 47.5 Å². The number of hydrogen-bond donors (Lipinski definition) is 3. The van der Waals surface area contributed by atoms with Crippen LogP contribution in [0.2, 0.25) is 0 Å². The fourth-order valence-corrected chi connectivity index (χ4v) is 7.55. The molecule has 3 heterocycles. The standard InChI is InChI=1S/C36H52N6O9S/c1-35(2,3)51-33(46)37-28-18-12-10-8-6-7-9-11-17-26-20-36(26,32(45)39-52(48,49)40(4)5)38-30(43)29-19-27(23-42(29)31(28)44)50-34(47)41-21-24-15-13-14-16-25(24)22-41/h11,13-17,26-29H,6-10,12,18-23H2,1-5H3,(H,37,46)(H,38,43)(H,39,45)/b17-11-/t26-,27-,28+,29+,36-/m1/s1. The lowest BCUT2D eigenvalue weighted by Crippen LogP contribution is -2.58. The second-order valence-corrected chi connectivity index (χ2v) is 17.2. The van der Waals surface area contributed by atoms with Gasteiger partial charge >= 0.3 is 22.4 Å². The van der Waals surface area contributed by atoms with Gasteiger partial charge in [-0.1, -0.05) is 62.1 Å². The van der Waals surface area contributed by atoms with Crippen LogP contribution in [0.1, 0.15) is 89.7 Å². The van der Waals surface area contributed by atoms with E-state index >= 15 is 0 Å². The third-order valence-electron chi connectivity index (χ3n) is 9.90. The average molecular weight is 745 g/mol. The molecule has 1 saturated heterocycles. The molecular weight excluding hydrogens is 692 g/mol. The Morgan fingerprint density at radius 1 is 1.00 bits per heavy atom. The van der Waals surface area contributed by atoms with E-state index in [2.05, 4.69) is 15.4 Å². The van der Waals surface area contributed by atoms with Crippen molar-refractivity contribution in [3.05, 3.63) is 47.5 Å². The number of ether oxygens (including phenoxy) is 2. The molecule has 0 spiro atoms. The van der Waals surface area contributed by atoms with Crippen LogP contribution in [-0.2, 0) is 47.2 Å². The predicted molar refractivity (Wildman–Crippen MR) is 190 cm³/mol. The molecule has 0 unspecified atom stereocenters. The fourth-order valence-electron chi connectivity index (χ4n) is 6.95. The quantitative estimate of drug-likeness (QED) is 0.382. The summed E-state index contributed by atoms with van der Waals surface area (Å²) in [6.45, 7) is 5.73. The molecule has 0 radical (unpaired) electrons. The molecule has 1 aromatic rings. The zero-order chi connectivity index (χ0) is 37.8. The van der Waals surface area contributed by atoms with E-state index < -0.39 is 75.4 Å². The van der Waals surface area contributed by atoms with Crippen LogP contribution in [0.15, 0.2) is 36.4 Å². The molecule has 286 valence electrons. The van der Waals surface area contributed by atoms with Gasteiger partial charge in [0, 0.05) is 39.5 Å². The Balaban J connectivity index is 1.42. The van der Waals surface area contributed by atoms with E-state index in [0.29, 0.717) is 19.5 Å². The molecule has 16 heteroatoms. The minimum absolute atomic E-state index is 0.0720. The lowest BCUT2D eigenvalue weighted by molar-refractivity contribution is -0.141. The normalized spacial score (nSPS) is 27.7. The zero-order valence-electron chi connectivity index (χ0n) is 30.7. The first-order valence-corrected chi connectivity index (χ1v) is 19.5. The molecule has 0 bridgehead atoms. The number of rotatable bonds is 5. The monoisotopic (exact) mass is 744 g/mol. The molecule has 1 aromatic carbocycles. The number of nitrogens with one attached hydrogen (secondary N) is 3. The first-order valence-electron chi connectivity index (χ1n) is 18.0.